The Kier molecular flexibility index (Phi) is 2.68. The van der Waals surface area contributed by atoms with Crippen molar-refractivity contribution in [1.29, 1.82) is 0 Å². The van der Waals surface area contributed by atoms with Gasteiger partial charge in [-0.2, -0.15) is 0 Å². The van der Waals surface area contributed by atoms with Crippen LogP contribution >= 0.6 is 0 Å². The topological polar surface area (TPSA) is 12.0 Å². The molecule has 0 bridgehead atoms. The van der Waals surface area contributed by atoms with Crippen molar-refractivity contribution in [3.05, 3.63) is 0 Å². The Morgan fingerprint density at radius 1 is 1.43 bits per heavy atom. The molecule has 0 unspecified atom stereocenters. The van der Waals surface area contributed by atoms with E-state index in [-0.39, 0.29) is 1.43 Å². The molecule has 0 aromatic rings. The zero-order valence-corrected chi connectivity index (χ0v) is 6.91. The Labute approximate surface area is 63.8 Å². The monoisotopic (exact) mass is 109 g/mol. The van der Waals surface area contributed by atoms with Crippen molar-refractivity contribution in [2.24, 2.45) is 0 Å². The predicted octanol–water partition coefficient (Wildman–Crippen LogP) is 0.573. The summed E-state index contributed by atoms with van der Waals surface area (Å²) in [5, 5.41) is 3.34. The molecule has 1 saturated heterocycles. The van der Waals surface area contributed by atoms with Crippen LogP contribution in [0.1, 0.15) is 14.3 Å². The second-order valence-electron chi connectivity index (χ2n) is 2.43. The molecule has 1 aliphatic heterocycles. The number of hydrogen-bond donors (Lipinski definition) is 1. The van der Waals surface area contributed by atoms with Crippen LogP contribution in [0.15, 0.2) is 0 Å². The molecule has 1 heterocycles. The van der Waals surface area contributed by atoms with Gasteiger partial charge in [-0.15, -0.1) is 0 Å². The van der Waals surface area contributed by atoms with Gasteiger partial charge in [0.05, 0.1) is 0 Å². The van der Waals surface area contributed by atoms with Gasteiger partial charge < -0.3 is 0 Å². The summed E-state index contributed by atoms with van der Waals surface area (Å²) >= 11 is 1.41. The molecule has 38 valence electrons. The van der Waals surface area contributed by atoms with Gasteiger partial charge in [0.1, 0.15) is 0 Å². The molecule has 7 heavy (non-hydrogen) atoms. The van der Waals surface area contributed by atoms with Crippen molar-refractivity contribution < 1.29 is 1.43 Å². The zero-order chi connectivity index (χ0) is 5.11. The first-order valence-corrected chi connectivity index (χ1v) is 4.26. The van der Waals surface area contributed by atoms with E-state index in [0.717, 1.165) is 3.17 Å². The summed E-state index contributed by atoms with van der Waals surface area (Å²) in [5.41, 5.74) is 0. The van der Waals surface area contributed by atoms with Gasteiger partial charge in [0.15, 0.2) is 0 Å². The SMILES string of the molecule is [HH].[Na][CH]1CCNCC1. The van der Waals surface area contributed by atoms with Crippen LogP contribution in [0, 0.1) is 0 Å². The molecule has 0 aromatic heterocycles. The van der Waals surface area contributed by atoms with Crippen molar-refractivity contribution in [2.75, 3.05) is 13.1 Å². The van der Waals surface area contributed by atoms with E-state index in [4.69, 9.17) is 0 Å². The molecule has 0 amide bonds. The fourth-order valence-corrected chi connectivity index (χ4v) is 1.54. The van der Waals surface area contributed by atoms with Gasteiger partial charge in [-0.3, -0.25) is 0 Å². The first kappa shape index (κ1) is 6.09. The van der Waals surface area contributed by atoms with Crippen molar-refractivity contribution in [3.8, 4) is 0 Å². The second kappa shape index (κ2) is 3.08. The van der Waals surface area contributed by atoms with Crippen molar-refractivity contribution in [1.82, 2.24) is 5.32 Å². The fraction of sp³-hybridized carbons (Fsp3) is 1.00. The Morgan fingerprint density at radius 2 is 2.00 bits per heavy atom. The molecular weight excluding hydrogens is 97.1 g/mol. The summed E-state index contributed by atoms with van der Waals surface area (Å²) in [6.45, 7) is 2.54. The van der Waals surface area contributed by atoms with E-state index in [9.17, 15) is 0 Å². The van der Waals surface area contributed by atoms with Gasteiger partial charge >= 0.3 is 62.3 Å². The van der Waals surface area contributed by atoms with Crippen LogP contribution < -0.4 is 5.32 Å². The molecule has 0 aliphatic carbocycles. The molecule has 0 aromatic carbocycles. The van der Waals surface area contributed by atoms with Crippen LogP contribution in [0.4, 0.5) is 0 Å². The fourth-order valence-electron chi connectivity index (χ4n) is 0.966. The first-order valence-electron chi connectivity index (χ1n) is 3.10. The molecule has 1 fully saturated rings. The predicted molar refractivity (Wildman–Crippen MR) is 33.7 cm³/mol. The van der Waals surface area contributed by atoms with E-state index >= 15 is 0 Å². The Hall–Kier alpha value is 0.960. The summed E-state index contributed by atoms with van der Waals surface area (Å²) in [7, 11) is 0. The molecule has 1 nitrogen and oxygen atoms in total. The quantitative estimate of drug-likeness (QED) is 0.448. The Balaban J connectivity index is 0.000000490. The Bertz CT molecular complexity index is 54.4. The van der Waals surface area contributed by atoms with Crippen molar-refractivity contribution in [2.45, 2.75) is 16.0 Å². The van der Waals surface area contributed by atoms with Gasteiger partial charge in [0.2, 0.25) is 0 Å². The van der Waals surface area contributed by atoms with E-state index < -0.39 is 0 Å². The second-order valence-corrected chi connectivity index (χ2v) is 4.07. The molecule has 0 spiro atoms. The number of nitrogens with one attached hydrogen (secondary N) is 1. The van der Waals surface area contributed by atoms with E-state index in [0.29, 0.717) is 0 Å². The van der Waals surface area contributed by atoms with Crippen LogP contribution in [0.2, 0.25) is 3.17 Å². The maximum atomic E-state index is 3.34. The standard InChI is InChI=1S/C5H10N.Na.H2/c1-2-4-6-5-3-1;;/h1,6H,2-5H2;;1H. The van der Waals surface area contributed by atoms with Crippen molar-refractivity contribution in [3.63, 3.8) is 0 Å². The van der Waals surface area contributed by atoms with Gasteiger partial charge in [-0.1, -0.05) is 0 Å². The first-order chi connectivity index (χ1) is 3.39. The van der Waals surface area contributed by atoms with Gasteiger partial charge in [-0.25, -0.2) is 0 Å². The Morgan fingerprint density at radius 3 is 2.29 bits per heavy atom. The van der Waals surface area contributed by atoms with Crippen LogP contribution in [-0.4, -0.2) is 41.0 Å². The minimum atomic E-state index is 0. The summed E-state index contributed by atoms with van der Waals surface area (Å²) in [5.74, 6) is 0. The summed E-state index contributed by atoms with van der Waals surface area (Å²) in [6, 6.07) is 0. The molecule has 0 saturated carbocycles. The molecule has 0 radical (unpaired) electrons. The van der Waals surface area contributed by atoms with Gasteiger partial charge in [0.25, 0.3) is 0 Å². The summed E-state index contributed by atoms with van der Waals surface area (Å²) in [4.78, 5) is 0. The van der Waals surface area contributed by atoms with E-state index in [1.807, 2.05) is 0 Å². The average Bonchev–Trinajstić information content (AvgIpc) is 1.69. The van der Waals surface area contributed by atoms with Crippen LogP contribution in [0.5, 0.6) is 0 Å². The van der Waals surface area contributed by atoms with E-state index in [1.54, 1.807) is 0 Å². The third-order valence-corrected chi connectivity index (χ3v) is 2.78. The molecule has 2 heteroatoms. The van der Waals surface area contributed by atoms with Crippen molar-refractivity contribution >= 4 is 27.9 Å². The third kappa shape index (κ3) is 2.13. The third-order valence-electron chi connectivity index (χ3n) is 1.63. The normalized spacial score (nSPS) is 25.4. The van der Waals surface area contributed by atoms with Crippen LogP contribution in [0.25, 0.3) is 0 Å². The summed E-state index contributed by atoms with van der Waals surface area (Å²) in [6.07, 6.45) is 2.87. The summed E-state index contributed by atoms with van der Waals surface area (Å²) < 4.78 is 1.11. The number of rotatable bonds is 0. The van der Waals surface area contributed by atoms with E-state index in [2.05, 4.69) is 5.32 Å². The van der Waals surface area contributed by atoms with Gasteiger partial charge in [-0.05, 0) is 0 Å². The number of hydrogen-bond acceptors (Lipinski definition) is 1. The minimum absolute atomic E-state index is 0. The molecule has 1 aliphatic rings. The number of piperidine rings is 1. The molecular formula is C5H12NNa. The van der Waals surface area contributed by atoms with E-state index in [1.165, 1.54) is 53.9 Å². The molecule has 0 atom stereocenters. The maximum absolute atomic E-state index is 3.34. The van der Waals surface area contributed by atoms with Gasteiger partial charge in [0, 0.05) is 1.43 Å². The molecule has 1 N–H and O–H groups in total. The zero-order valence-electron chi connectivity index (χ0n) is 4.91. The molecule has 1 rings (SSSR count). The van der Waals surface area contributed by atoms with Crippen LogP contribution in [0.3, 0.4) is 0 Å². The average molecular weight is 109 g/mol. The van der Waals surface area contributed by atoms with Crippen LogP contribution in [-0.2, 0) is 0 Å².